The Morgan fingerprint density at radius 2 is 1.75 bits per heavy atom. The third-order valence-corrected chi connectivity index (χ3v) is 6.71. The van der Waals surface area contributed by atoms with Crippen molar-refractivity contribution in [2.24, 2.45) is 0 Å². The summed E-state index contributed by atoms with van der Waals surface area (Å²) in [7, 11) is 0. The first-order valence-electron chi connectivity index (χ1n) is 11.9. The lowest BCUT2D eigenvalue weighted by molar-refractivity contribution is -0.121. The Hall–Kier alpha value is -2.61. The minimum Gasteiger partial charge on any atom is -0.508 e. The molecule has 1 amide bonds. The van der Waals surface area contributed by atoms with Crippen LogP contribution in [-0.4, -0.2) is 33.8 Å². The second-order valence-corrected chi connectivity index (χ2v) is 9.74. The largest absolute Gasteiger partial charge is 0.508 e. The summed E-state index contributed by atoms with van der Waals surface area (Å²) in [6, 6.07) is 18.3. The Bertz CT molecular complexity index is 1170. The summed E-state index contributed by atoms with van der Waals surface area (Å²) in [5, 5.41) is 36.7. The maximum Gasteiger partial charge on any atom is 0.220 e. The maximum absolute atomic E-state index is 12.3. The first-order chi connectivity index (χ1) is 17.2. The van der Waals surface area contributed by atoms with Crippen molar-refractivity contribution in [3.8, 4) is 5.75 Å². The van der Waals surface area contributed by atoms with Crippen LogP contribution in [0.15, 0.2) is 60.7 Å². The van der Waals surface area contributed by atoms with Crippen LogP contribution in [0.1, 0.15) is 47.3 Å². The molecule has 1 unspecified atom stereocenters. The average Bonchev–Trinajstić information content (AvgIpc) is 2.87. The first kappa shape index (κ1) is 28.0. The van der Waals surface area contributed by atoms with Crippen LogP contribution in [-0.2, 0) is 30.8 Å². The van der Waals surface area contributed by atoms with Gasteiger partial charge in [-0.3, -0.25) is 4.79 Å². The summed E-state index contributed by atoms with van der Waals surface area (Å²) in [6.45, 7) is 2.50. The van der Waals surface area contributed by atoms with E-state index < -0.39 is 6.10 Å². The molecule has 0 radical (unpaired) electrons. The Morgan fingerprint density at radius 1 is 0.972 bits per heavy atom. The van der Waals surface area contributed by atoms with E-state index in [9.17, 15) is 20.1 Å². The van der Waals surface area contributed by atoms with Crippen LogP contribution in [0, 0.1) is 0 Å². The highest BCUT2D eigenvalue weighted by Crippen LogP contribution is 2.23. The Labute approximate surface area is 221 Å². The van der Waals surface area contributed by atoms with Gasteiger partial charge in [0.2, 0.25) is 5.91 Å². The molecule has 6 nitrogen and oxygen atoms in total. The number of halogens is 2. The summed E-state index contributed by atoms with van der Waals surface area (Å²) < 4.78 is 0. The number of amides is 1. The van der Waals surface area contributed by atoms with Crippen LogP contribution in [0.2, 0.25) is 10.0 Å². The Kier molecular flexibility index (Phi) is 10.6. The van der Waals surface area contributed by atoms with Gasteiger partial charge in [0, 0.05) is 31.1 Å². The molecule has 2 atom stereocenters. The van der Waals surface area contributed by atoms with E-state index in [1.54, 1.807) is 24.3 Å². The number of phenols is 1. The molecule has 3 rings (SSSR count). The SMILES string of the molecule is CC(Cc1cccc(CCC(=O)NCc2ccc(Cl)c(Cl)c2)c1)NC[C@H](O)c1ccc(O)c(CO)c1. The van der Waals surface area contributed by atoms with Crippen molar-refractivity contribution in [3.63, 3.8) is 0 Å². The van der Waals surface area contributed by atoms with Crippen molar-refractivity contribution in [3.05, 3.63) is 98.5 Å². The minimum atomic E-state index is -0.757. The van der Waals surface area contributed by atoms with Crippen molar-refractivity contribution in [1.82, 2.24) is 10.6 Å². The van der Waals surface area contributed by atoms with Crippen LogP contribution in [0.4, 0.5) is 0 Å². The van der Waals surface area contributed by atoms with Crippen molar-refractivity contribution in [1.29, 1.82) is 0 Å². The van der Waals surface area contributed by atoms with Gasteiger partial charge in [-0.15, -0.1) is 0 Å². The number of rotatable bonds is 12. The quantitative estimate of drug-likeness (QED) is 0.233. The van der Waals surface area contributed by atoms with Crippen molar-refractivity contribution >= 4 is 29.1 Å². The molecule has 0 spiro atoms. The van der Waals surface area contributed by atoms with E-state index in [1.807, 2.05) is 25.1 Å². The van der Waals surface area contributed by atoms with Gasteiger partial charge in [0.1, 0.15) is 5.75 Å². The summed E-state index contributed by atoms with van der Waals surface area (Å²) in [6.07, 6.45) is 1.02. The number of carbonyl (C=O) groups excluding carboxylic acids is 1. The number of hydrogen-bond acceptors (Lipinski definition) is 5. The summed E-state index contributed by atoms with van der Waals surface area (Å²) in [5.41, 5.74) is 4.15. The molecule has 0 fully saturated rings. The number of aryl methyl sites for hydroxylation is 1. The zero-order valence-electron chi connectivity index (χ0n) is 20.2. The molecule has 192 valence electrons. The van der Waals surface area contributed by atoms with E-state index in [1.165, 1.54) is 6.07 Å². The van der Waals surface area contributed by atoms with E-state index in [0.717, 1.165) is 23.1 Å². The molecule has 3 aromatic carbocycles. The maximum atomic E-state index is 12.3. The lowest BCUT2D eigenvalue weighted by atomic mass is 10.0. The lowest BCUT2D eigenvalue weighted by Gasteiger charge is -2.18. The Balaban J connectivity index is 1.44. The number of nitrogens with one attached hydrogen (secondary N) is 2. The molecule has 0 aliphatic heterocycles. The predicted octanol–water partition coefficient (Wildman–Crippen LogP) is 4.69. The highest BCUT2D eigenvalue weighted by molar-refractivity contribution is 6.42. The van der Waals surface area contributed by atoms with Crippen LogP contribution in [0.25, 0.3) is 0 Å². The van der Waals surface area contributed by atoms with Crippen molar-refractivity contribution < 1.29 is 20.1 Å². The number of aromatic hydroxyl groups is 1. The van der Waals surface area contributed by atoms with Crippen molar-refractivity contribution in [2.75, 3.05) is 6.54 Å². The first-order valence-corrected chi connectivity index (χ1v) is 12.6. The van der Waals surface area contributed by atoms with Gasteiger partial charge in [-0.25, -0.2) is 0 Å². The van der Waals surface area contributed by atoms with E-state index >= 15 is 0 Å². The summed E-state index contributed by atoms with van der Waals surface area (Å²) in [4.78, 5) is 12.3. The molecule has 0 heterocycles. The van der Waals surface area contributed by atoms with Gasteiger partial charge in [0.25, 0.3) is 0 Å². The number of aliphatic hydroxyl groups is 2. The molecule has 0 saturated carbocycles. The van der Waals surface area contributed by atoms with Crippen molar-refractivity contribution in [2.45, 2.75) is 51.5 Å². The van der Waals surface area contributed by atoms with E-state index in [-0.39, 0.29) is 24.3 Å². The summed E-state index contributed by atoms with van der Waals surface area (Å²) >= 11 is 11.9. The number of benzene rings is 3. The fourth-order valence-corrected chi connectivity index (χ4v) is 4.23. The molecule has 0 bridgehead atoms. The zero-order valence-corrected chi connectivity index (χ0v) is 21.7. The molecule has 0 aromatic heterocycles. The van der Waals surface area contributed by atoms with Gasteiger partial charge in [-0.1, -0.05) is 59.6 Å². The van der Waals surface area contributed by atoms with Gasteiger partial charge >= 0.3 is 0 Å². The standard InChI is InChI=1S/C28H32Cl2N2O4/c1-18(31-16-27(35)22-7-9-26(34)23(14-22)17-33)11-20-4-2-3-19(12-20)6-10-28(36)32-15-21-5-8-24(29)25(30)13-21/h2-5,7-9,12-14,18,27,31,33-35H,6,10-11,15-17H2,1H3,(H,32,36)/t18?,27-/m0/s1. The van der Waals surface area contributed by atoms with E-state index in [0.29, 0.717) is 47.1 Å². The fourth-order valence-electron chi connectivity index (χ4n) is 3.90. The van der Waals surface area contributed by atoms with Crippen LogP contribution in [0.5, 0.6) is 5.75 Å². The van der Waals surface area contributed by atoms with Gasteiger partial charge in [0.05, 0.1) is 22.8 Å². The van der Waals surface area contributed by atoms with Crippen LogP contribution in [0.3, 0.4) is 0 Å². The predicted molar refractivity (Wildman–Crippen MR) is 143 cm³/mol. The molecular weight excluding hydrogens is 499 g/mol. The molecular formula is C28H32Cl2N2O4. The fraction of sp³-hybridized carbons (Fsp3) is 0.321. The Morgan fingerprint density at radius 3 is 2.50 bits per heavy atom. The zero-order chi connectivity index (χ0) is 26.1. The van der Waals surface area contributed by atoms with Crippen LogP contribution >= 0.6 is 23.2 Å². The molecule has 0 aliphatic carbocycles. The third-order valence-electron chi connectivity index (χ3n) is 5.97. The van der Waals surface area contributed by atoms with Gasteiger partial charge in [-0.05, 0) is 66.3 Å². The molecule has 5 N–H and O–H groups in total. The van der Waals surface area contributed by atoms with Gasteiger partial charge < -0.3 is 26.0 Å². The lowest BCUT2D eigenvalue weighted by Crippen LogP contribution is -2.32. The number of carbonyl (C=O) groups is 1. The normalized spacial score (nSPS) is 12.8. The van der Waals surface area contributed by atoms with Gasteiger partial charge in [0.15, 0.2) is 0 Å². The average molecular weight is 531 g/mol. The molecule has 36 heavy (non-hydrogen) atoms. The topological polar surface area (TPSA) is 102 Å². The molecule has 0 saturated heterocycles. The second kappa shape index (κ2) is 13.6. The molecule has 3 aromatic rings. The van der Waals surface area contributed by atoms with E-state index in [4.69, 9.17) is 23.2 Å². The monoisotopic (exact) mass is 530 g/mol. The highest BCUT2D eigenvalue weighted by Gasteiger charge is 2.13. The second-order valence-electron chi connectivity index (χ2n) is 8.92. The number of aliphatic hydroxyl groups excluding tert-OH is 2. The van der Waals surface area contributed by atoms with E-state index in [2.05, 4.69) is 22.8 Å². The summed E-state index contributed by atoms with van der Waals surface area (Å²) in [5.74, 6) is -0.0207. The minimum absolute atomic E-state index is 0.0126. The number of hydrogen-bond donors (Lipinski definition) is 5. The highest BCUT2D eigenvalue weighted by atomic mass is 35.5. The van der Waals surface area contributed by atoms with Crippen LogP contribution < -0.4 is 10.6 Å². The molecule has 0 aliphatic rings. The third kappa shape index (κ3) is 8.50. The smallest absolute Gasteiger partial charge is 0.220 e. The molecule has 8 heteroatoms. The van der Waals surface area contributed by atoms with Gasteiger partial charge in [-0.2, -0.15) is 0 Å².